The first-order valence-corrected chi connectivity index (χ1v) is 13.8. The molecule has 3 heterocycles. The molecule has 3 aromatic rings. The Hall–Kier alpha value is -4.39. The molecule has 5 nitrogen and oxygen atoms in total. The second-order valence-electron chi connectivity index (χ2n) is 9.56. The van der Waals surface area contributed by atoms with Crippen molar-refractivity contribution >= 4 is 28.3 Å². The van der Waals surface area contributed by atoms with Crippen molar-refractivity contribution in [3.05, 3.63) is 117 Å². The predicted molar refractivity (Wildman–Crippen MR) is 153 cm³/mol. The number of benzene rings is 2. The molecule has 0 radical (unpaired) electrons. The summed E-state index contributed by atoms with van der Waals surface area (Å²) in [5, 5.41) is 10.8. The fraction of sp³-hybridized carbons (Fsp3) is 0.219. The molecular formula is C32H26N4OS. The molecule has 6 heteroatoms. The van der Waals surface area contributed by atoms with E-state index in [0.29, 0.717) is 11.3 Å². The van der Waals surface area contributed by atoms with Crippen molar-refractivity contribution in [2.24, 2.45) is 0 Å². The Morgan fingerprint density at radius 2 is 1.71 bits per heavy atom. The van der Waals surface area contributed by atoms with Crippen molar-refractivity contribution < 1.29 is 4.74 Å². The molecule has 2 aliphatic heterocycles. The van der Waals surface area contributed by atoms with Gasteiger partial charge in [-0.2, -0.15) is 0 Å². The van der Waals surface area contributed by atoms with E-state index in [4.69, 9.17) is 16.3 Å². The molecule has 0 amide bonds. The third-order valence-corrected chi connectivity index (χ3v) is 8.22. The van der Waals surface area contributed by atoms with Gasteiger partial charge in [0.25, 0.3) is 5.70 Å². The maximum atomic E-state index is 9.76. The Labute approximate surface area is 227 Å². The number of aromatic nitrogens is 1. The minimum atomic E-state index is 0.106. The summed E-state index contributed by atoms with van der Waals surface area (Å²) in [5.74, 6) is 1.44. The van der Waals surface area contributed by atoms with Crippen LogP contribution < -0.4 is 4.90 Å². The van der Waals surface area contributed by atoms with Crippen LogP contribution in [0.25, 0.3) is 27.9 Å². The van der Waals surface area contributed by atoms with Crippen molar-refractivity contribution in [3.63, 3.8) is 0 Å². The maximum absolute atomic E-state index is 9.76. The Morgan fingerprint density at radius 1 is 1.00 bits per heavy atom. The highest BCUT2D eigenvalue weighted by Crippen LogP contribution is 2.45. The number of nitrogens with zero attached hydrogens (tertiary/aromatic N) is 4. The minimum absolute atomic E-state index is 0.106. The number of hydrogen-bond acceptors (Lipinski definition) is 5. The lowest BCUT2D eigenvalue weighted by Crippen LogP contribution is -2.17. The third kappa shape index (κ3) is 4.56. The summed E-state index contributed by atoms with van der Waals surface area (Å²) in [7, 11) is 0. The van der Waals surface area contributed by atoms with Crippen LogP contribution in [0.3, 0.4) is 0 Å². The molecule has 1 saturated heterocycles. The van der Waals surface area contributed by atoms with Gasteiger partial charge in [-0.15, -0.1) is 0 Å². The van der Waals surface area contributed by atoms with Crippen molar-refractivity contribution in [1.82, 2.24) is 4.98 Å². The van der Waals surface area contributed by atoms with E-state index in [1.54, 1.807) is 11.3 Å². The van der Waals surface area contributed by atoms with Gasteiger partial charge in [0.05, 0.1) is 23.2 Å². The zero-order chi connectivity index (χ0) is 25.9. The zero-order valence-corrected chi connectivity index (χ0v) is 21.8. The van der Waals surface area contributed by atoms with Crippen LogP contribution in [0.15, 0.2) is 94.9 Å². The van der Waals surface area contributed by atoms with E-state index in [9.17, 15) is 5.26 Å². The first kappa shape index (κ1) is 24.0. The highest BCUT2D eigenvalue weighted by atomic mass is 32.1. The zero-order valence-electron chi connectivity index (χ0n) is 21.0. The minimum Gasteiger partial charge on any atom is -0.456 e. The van der Waals surface area contributed by atoms with Gasteiger partial charge in [-0.25, -0.2) is 15.1 Å². The van der Waals surface area contributed by atoms with Gasteiger partial charge in [0.1, 0.15) is 11.5 Å². The number of nitriles is 1. The molecule has 0 spiro atoms. The normalized spacial score (nSPS) is 19.4. The average molecular weight is 515 g/mol. The molecule has 38 heavy (non-hydrogen) atoms. The van der Waals surface area contributed by atoms with Gasteiger partial charge in [-0.1, -0.05) is 72.0 Å². The number of hydrogen-bond donors (Lipinski definition) is 0. The highest BCUT2D eigenvalue weighted by Gasteiger charge is 2.29. The van der Waals surface area contributed by atoms with Crippen LogP contribution in [0.2, 0.25) is 0 Å². The van der Waals surface area contributed by atoms with Gasteiger partial charge >= 0.3 is 0 Å². The fourth-order valence-corrected chi connectivity index (χ4v) is 6.39. The van der Waals surface area contributed by atoms with Crippen molar-refractivity contribution in [2.45, 2.75) is 32.1 Å². The van der Waals surface area contributed by atoms with E-state index < -0.39 is 0 Å². The molecular weight excluding hydrogens is 488 g/mol. The molecule has 186 valence electrons. The van der Waals surface area contributed by atoms with Crippen molar-refractivity contribution in [2.75, 3.05) is 18.0 Å². The van der Waals surface area contributed by atoms with Crippen molar-refractivity contribution in [1.29, 1.82) is 5.26 Å². The average Bonchev–Trinajstić information content (AvgIpc) is 3.65. The number of ether oxygens (including phenoxy) is 1. The summed E-state index contributed by atoms with van der Waals surface area (Å²) in [6, 6.07) is 22.3. The second-order valence-corrected chi connectivity index (χ2v) is 10.6. The van der Waals surface area contributed by atoms with Crippen LogP contribution in [0.1, 0.15) is 42.5 Å². The lowest BCUT2D eigenvalue weighted by atomic mass is 9.85. The summed E-state index contributed by atoms with van der Waals surface area (Å²) in [6.45, 7) is 9.73. The molecule has 0 unspecified atom stereocenters. The monoisotopic (exact) mass is 514 g/mol. The van der Waals surface area contributed by atoms with E-state index in [1.165, 1.54) is 12.8 Å². The number of thiazole rings is 1. The number of anilines is 1. The Bertz CT molecular complexity index is 1560. The van der Waals surface area contributed by atoms with E-state index >= 15 is 0 Å². The van der Waals surface area contributed by atoms with E-state index in [2.05, 4.69) is 34.0 Å². The maximum Gasteiger partial charge on any atom is 0.269 e. The first-order valence-electron chi connectivity index (χ1n) is 13.0. The predicted octanol–water partition coefficient (Wildman–Crippen LogP) is 8.00. The van der Waals surface area contributed by atoms with Crippen LogP contribution in [0.4, 0.5) is 5.13 Å². The van der Waals surface area contributed by atoms with Gasteiger partial charge < -0.3 is 9.64 Å². The van der Waals surface area contributed by atoms with Crippen LogP contribution in [-0.2, 0) is 4.74 Å². The molecule has 0 bridgehead atoms. The van der Waals surface area contributed by atoms with Crippen molar-refractivity contribution in [3.8, 4) is 17.3 Å². The third-order valence-electron chi connectivity index (χ3n) is 7.15. The van der Waals surface area contributed by atoms with Gasteiger partial charge in [0.15, 0.2) is 5.13 Å². The quantitative estimate of drug-likeness (QED) is 0.261. The molecule has 0 saturated carbocycles. The van der Waals surface area contributed by atoms with Crippen LogP contribution in [0, 0.1) is 17.9 Å². The SMILES string of the molecule is [C-]#[N+]/C(C#N)=C1\C=C(c2ccccc2)OC2=C1CCC/C2=C\c1sc(N2CCCC2)nc1-c1ccccc1. The Balaban J connectivity index is 1.49. The second kappa shape index (κ2) is 10.5. The van der Waals surface area contributed by atoms with Crippen LogP contribution in [0.5, 0.6) is 0 Å². The van der Waals surface area contributed by atoms with E-state index in [-0.39, 0.29) is 5.70 Å². The standard InChI is InChI=1S/C32H26N4OS/c1-34-27(21-33)26-20-28(22-11-4-2-5-12-22)37-31-24(15-10-16-25(26)31)19-29-30(23-13-6-3-7-14-23)35-32(38-29)36-17-8-9-18-36/h2-7,11-14,19-20H,8-10,15-18H2/b24-19+,27-26+. The largest absolute Gasteiger partial charge is 0.456 e. The molecule has 3 aliphatic rings. The Morgan fingerprint density at radius 3 is 2.39 bits per heavy atom. The molecule has 2 aromatic carbocycles. The topological polar surface area (TPSA) is 53.5 Å². The lowest BCUT2D eigenvalue weighted by molar-refractivity contribution is 0.369. The van der Waals surface area contributed by atoms with Crippen LogP contribution in [-0.4, -0.2) is 18.1 Å². The van der Waals surface area contributed by atoms with Gasteiger partial charge in [0.2, 0.25) is 0 Å². The van der Waals surface area contributed by atoms with E-state index in [0.717, 1.165) is 76.1 Å². The van der Waals surface area contributed by atoms with E-state index in [1.807, 2.05) is 54.6 Å². The Kier molecular flexibility index (Phi) is 6.65. The molecule has 6 rings (SSSR count). The summed E-state index contributed by atoms with van der Waals surface area (Å²) < 4.78 is 6.58. The molecule has 1 aliphatic carbocycles. The van der Waals surface area contributed by atoms with Crippen LogP contribution >= 0.6 is 11.3 Å². The number of allylic oxidation sites excluding steroid dienone is 5. The summed E-state index contributed by atoms with van der Waals surface area (Å²) in [4.78, 5) is 12.2. The van der Waals surface area contributed by atoms with Gasteiger partial charge in [-0.05, 0) is 55.4 Å². The molecule has 1 aromatic heterocycles. The first-order chi connectivity index (χ1) is 18.7. The molecule has 0 N–H and O–H groups in total. The highest BCUT2D eigenvalue weighted by molar-refractivity contribution is 7.17. The molecule has 1 fully saturated rings. The summed E-state index contributed by atoms with van der Waals surface area (Å²) in [5.41, 5.74) is 5.82. The van der Waals surface area contributed by atoms with Gasteiger partial charge in [0, 0.05) is 29.8 Å². The summed E-state index contributed by atoms with van der Waals surface area (Å²) in [6.07, 6.45) is 9.05. The molecule has 0 atom stereocenters. The van der Waals surface area contributed by atoms with Gasteiger partial charge in [-0.3, -0.25) is 0 Å². The fourth-order valence-electron chi connectivity index (χ4n) is 5.28. The summed E-state index contributed by atoms with van der Waals surface area (Å²) >= 11 is 1.73. The lowest BCUT2D eigenvalue weighted by Gasteiger charge is -2.29. The number of rotatable bonds is 4. The smallest absolute Gasteiger partial charge is 0.269 e.